The van der Waals surface area contributed by atoms with Gasteiger partial charge in [-0.15, -0.1) is 0 Å². The van der Waals surface area contributed by atoms with Gasteiger partial charge in [0.25, 0.3) is 11.7 Å². The first-order valence-corrected chi connectivity index (χ1v) is 10.7. The smallest absolute Gasteiger partial charge is 0.300 e. The van der Waals surface area contributed by atoms with Gasteiger partial charge in [0.1, 0.15) is 11.5 Å². The van der Waals surface area contributed by atoms with E-state index >= 15 is 0 Å². The largest absolute Gasteiger partial charge is 0.507 e. The van der Waals surface area contributed by atoms with E-state index in [2.05, 4.69) is 0 Å². The van der Waals surface area contributed by atoms with Crippen molar-refractivity contribution in [3.63, 3.8) is 0 Å². The van der Waals surface area contributed by atoms with Gasteiger partial charge in [0.05, 0.1) is 31.4 Å². The number of aromatic hydroxyl groups is 1. The molecule has 0 saturated carbocycles. The molecule has 0 radical (unpaired) electrons. The first kappa shape index (κ1) is 23.2. The third-order valence-electron chi connectivity index (χ3n) is 5.68. The molecule has 34 heavy (non-hydrogen) atoms. The first-order chi connectivity index (χ1) is 16.3. The fraction of sp³-hybridized carbons (Fsp3) is 0.154. The van der Waals surface area contributed by atoms with E-state index in [-0.39, 0.29) is 28.4 Å². The third-order valence-corrected chi connectivity index (χ3v) is 5.93. The number of nitrogens with zero attached hydrogens (tertiary/aromatic N) is 1. The molecule has 1 aliphatic rings. The fourth-order valence-electron chi connectivity index (χ4n) is 4.04. The number of phenolic OH excluding ortho intramolecular Hbond substituents is 1. The lowest BCUT2D eigenvalue weighted by molar-refractivity contribution is -0.132. The Morgan fingerprint density at radius 1 is 0.941 bits per heavy atom. The van der Waals surface area contributed by atoms with Crippen LogP contribution in [0.5, 0.6) is 17.2 Å². The number of ether oxygens (including phenoxy) is 2. The van der Waals surface area contributed by atoms with Crippen LogP contribution in [-0.4, -0.2) is 36.1 Å². The molecule has 0 spiro atoms. The van der Waals surface area contributed by atoms with Crippen LogP contribution in [0.1, 0.15) is 22.7 Å². The number of aryl methyl sites for hydroxylation is 1. The number of ketones is 1. The van der Waals surface area contributed by atoms with Gasteiger partial charge in [-0.2, -0.15) is 0 Å². The molecule has 3 aromatic carbocycles. The summed E-state index contributed by atoms with van der Waals surface area (Å²) in [5.74, 6) is -1.66. The Labute approximate surface area is 201 Å². The van der Waals surface area contributed by atoms with Crippen molar-refractivity contribution < 1.29 is 29.3 Å². The van der Waals surface area contributed by atoms with Gasteiger partial charge in [0.2, 0.25) is 0 Å². The second-order valence-electron chi connectivity index (χ2n) is 7.78. The highest BCUT2D eigenvalue weighted by molar-refractivity contribution is 6.51. The van der Waals surface area contributed by atoms with Crippen LogP contribution in [0.4, 0.5) is 5.69 Å². The number of rotatable bonds is 5. The maximum absolute atomic E-state index is 13.3. The molecule has 1 heterocycles. The number of Topliss-reactive ketones (excluding diaryl/α,β-unsaturated/α-hetero) is 1. The van der Waals surface area contributed by atoms with E-state index in [4.69, 9.17) is 21.1 Å². The number of halogens is 1. The summed E-state index contributed by atoms with van der Waals surface area (Å²) in [6.07, 6.45) is 0. The van der Waals surface area contributed by atoms with E-state index in [1.54, 1.807) is 48.5 Å². The van der Waals surface area contributed by atoms with Crippen molar-refractivity contribution in [2.45, 2.75) is 13.0 Å². The summed E-state index contributed by atoms with van der Waals surface area (Å²) in [6.45, 7) is 1.83. The van der Waals surface area contributed by atoms with Crippen LogP contribution in [0.15, 0.2) is 66.2 Å². The van der Waals surface area contributed by atoms with Gasteiger partial charge in [-0.25, -0.2) is 0 Å². The Bertz CT molecular complexity index is 1320. The summed E-state index contributed by atoms with van der Waals surface area (Å²) in [5, 5.41) is 22.2. The molecule has 1 unspecified atom stereocenters. The minimum atomic E-state index is -1.02. The highest BCUT2D eigenvalue weighted by Gasteiger charge is 2.47. The van der Waals surface area contributed by atoms with Crippen LogP contribution in [-0.2, 0) is 9.59 Å². The Hall–Kier alpha value is -3.97. The first-order valence-electron chi connectivity index (χ1n) is 10.3. The van der Waals surface area contributed by atoms with Crippen LogP contribution < -0.4 is 14.4 Å². The monoisotopic (exact) mass is 479 g/mol. The molecular formula is C26H22ClNO6. The SMILES string of the molecule is COc1ccc(C2/C(=C(\O)c3cc(C)ccc3OC)C(=O)C(=O)N2c2ccc(Cl)cc2)cc1O. The predicted molar refractivity (Wildman–Crippen MR) is 129 cm³/mol. The third kappa shape index (κ3) is 3.95. The minimum Gasteiger partial charge on any atom is -0.507 e. The van der Waals surface area contributed by atoms with Crippen molar-refractivity contribution >= 4 is 34.7 Å². The summed E-state index contributed by atoms with van der Waals surface area (Å²) >= 11 is 6.02. The zero-order chi connectivity index (χ0) is 24.6. The Morgan fingerprint density at radius 3 is 2.21 bits per heavy atom. The number of carbonyl (C=O) groups is 2. The Morgan fingerprint density at radius 2 is 1.59 bits per heavy atom. The number of hydrogen-bond donors (Lipinski definition) is 2. The van der Waals surface area contributed by atoms with Crippen molar-refractivity contribution in [3.8, 4) is 17.2 Å². The van der Waals surface area contributed by atoms with E-state index in [0.717, 1.165) is 5.56 Å². The van der Waals surface area contributed by atoms with E-state index in [0.29, 0.717) is 22.0 Å². The van der Waals surface area contributed by atoms with Crippen molar-refractivity contribution in [2.75, 3.05) is 19.1 Å². The lowest BCUT2D eigenvalue weighted by Gasteiger charge is -2.26. The highest BCUT2D eigenvalue weighted by Crippen LogP contribution is 2.45. The number of carbonyl (C=O) groups excluding carboxylic acids is 2. The second kappa shape index (κ2) is 9.11. The molecule has 4 rings (SSSR count). The normalized spacial score (nSPS) is 17.2. The molecule has 1 atom stereocenters. The molecule has 3 aromatic rings. The molecule has 8 heteroatoms. The summed E-state index contributed by atoms with van der Waals surface area (Å²) in [6, 6.07) is 15.1. The average Bonchev–Trinajstić information content (AvgIpc) is 3.09. The number of aliphatic hydroxyl groups is 1. The molecule has 0 aromatic heterocycles. The molecule has 0 aliphatic carbocycles. The van der Waals surface area contributed by atoms with Gasteiger partial charge in [-0.1, -0.05) is 29.3 Å². The van der Waals surface area contributed by atoms with Crippen molar-refractivity contribution in [3.05, 3.63) is 87.9 Å². The molecule has 1 fully saturated rings. The van der Waals surface area contributed by atoms with Crippen molar-refractivity contribution in [1.29, 1.82) is 0 Å². The van der Waals surface area contributed by atoms with Crippen LogP contribution in [0.3, 0.4) is 0 Å². The van der Waals surface area contributed by atoms with Gasteiger partial charge in [-0.3, -0.25) is 14.5 Å². The molecule has 174 valence electrons. The van der Waals surface area contributed by atoms with E-state index in [1.165, 1.54) is 31.3 Å². The van der Waals surface area contributed by atoms with Gasteiger partial charge in [-0.05, 0) is 61.0 Å². The highest BCUT2D eigenvalue weighted by atomic mass is 35.5. The number of phenols is 1. The second-order valence-corrected chi connectivity index (χ2v) is 8.22. The quantitative estimate of drug-likeness (QED) is 0.304. The van der Waals surface area contributed by atoms with E-state index in [1.807, 2.05) is 6.92 Å². The van der Waals surface area contributed by atoms with E-state index < -0.39 is 17.7 Å². The van der Waals surface area contributed by atoms with Crippen LogP contribution >= 0.6 is 11.6 Å². The summed E-state index contributed by atoms with van der Waals surface area (Å²) in [4.78, 5) is 27.8. The Kier molecular flexibility index (Phi) is 6.22. The molecule has 7 nitrogen and oxygen atoms in total. The number of anilines is 1. The lowest BCUT2D eigenvalue weighted by Crippen LogP contribution is -2.29. The summed E-state index contributed by atoms with van der Waals surface area (Å²) in [5.41, 5.74) is 1.78. The predicted octanol–water partition coefficient (Wildman–Crippen LogP) is 5.00. The molecule has 1 aliphatic heterocycles. The maximum Gasteiger partial charge on any atom is 0.300 e. The van der Waals surface area contributed by atoms with Gasteiger partial charge >= 0.3 is 0 Å². The zero-order valence-electron chi connectivity index (χ0n) is 18.7. The maximum atomic E-state index is 13.3. The Balaban J connectivity index is 1.99. The number of amides is 1. The van der Waals surface area contributed by atoms with Crippen molar-refractivity contribution in [2.24, 2.45) is 0 Å². The topological polar surface area (TPSA) is 96.3 Å². The molecule has 1 amide bonds. The summed E-state index contributed by atoms with van der Waals surface area (Å²) in [7, 11) is 2.87. The minimum absolute atomic E-state index is 0.131. The molecule has 0 bridgehead atoms. The van der Waals surface area contributed by atoms with Crippen LogP contribution in [0.2, 0.25) is 5.02 Å². The zero-order valence-corrected chi connectivity index (χ0v) is 19.5. The number of methoxy groups -OCH3 is 2. The fourth-order valence-corrected chi connectivity index (χ4v) is 4.17. The van der Waals surface area contributed by atoms with Gasteiger partial charge < -0.3 is 19.7 Å². The number of hydrogen-bond acceptors (Lipinski definition) is 6. The van der Waals surface area contributed by atoms with Crippen molar-refractivity contribution in [1.82, 2.24) is 0 Å². The standard InChI is InChI=1S/C26H22ClNO6/c1-14-4-10-20(33-2)18(12-14)24(30)22-23(15-5-11-21(34-3)19(29)13-15)28(26(32)25(22)31)17-8-6-16(27)7-9-17/h4-13,23,29-30H,1-3H3/b24-22+. The molecule has 2 N–H and O–H groups in total. The van der Waals surface area contributed by atoms with Crippen LogP contribution in [0, 0.1) is 6.92 Å². The lowest BCUT2D eigenvalue weighted by atomic mass is 9.94. The van der Waals surface area contributed by atoms with Crippen LogP contribution in [0.25, 0.3) is 5.76 Å². The summed E-state index contributed by atoms with van der Waals surface area (Å²) < 4.78 is 10.5. The molecular weight excluding hydrogens is 458 g/mol. The molecule has 1 saturated heterocycles. The number of aliphatic hydroxyl groups excluding tert-OH is 1. The van der Waals surface area contributed by atoms with Gasteiger partial charge in [0.15, 0.2) is 11.5 Å². The van der Waals surface area contributed by atoms with E-state index in [9.17, 15) is 19.8 Å². The average molecular weight is 480 g/mol. The van der Waals surface area contributed by atoms with Gasteiger partial charge in [0, 0.05) is 10.7 Å². The number of benzene rings is 3.